The smallest absolute Gasteiger partial charge is 0.292 e. The second-order valence-electron chi connectivity index (χ2n) is 5.14. The van der Waals surface area contributed by atoms with Crippen LogP contribution in [0.1, 0.15) is 27.0 Å². The number of benzene rings is 2. The molecule has 0 radical (unpaired) electrons. The molecule has 0 saturated heterocycles. The first-order valence-electron chi connectivity index (χ1n) is 6.76. The number of nitrogens with two attached hydrogens (primary N) is 1. The van der Waals surface area contributed by atoms with Crippen molar-refractivity contribution in [3.05, 3.63) is 68.8 Å². The summed E-state index contributed by atoms with van der Waals surface area (Å²) < 4.78 is 0. The highest BCUT2D eigenvalue weighted by molar-refractivity contribution is 5.95. The Bertz CT molecular complexity index is 741. The summed E-state index contributed by atoms with van der Waals surface area (Å²) >= 11 is 0. The number of aryl methyl sites for hydroxylation is 2. The molecule has 0 unspecified atom stereocenters. The number of rotatable bonds is 4. The third kappa shape index (κ3) is 3.41. The number of nitro groups is 1. The summed E-state index contributed by atoms with van der Waals surface area (Å²) in [5.41, 5.74) is 8.75. The number of nitrogens with one attached hydrogen (secondary N) is 1. The van der Waals surface area contributed by atoms with Gasteiger partial charge in [-0.15, -0.1) is 0 Å². The molecule has 2 aromatic rings. The number of carbonyl (C=O) groups is 1. The topological polar surface area (TPSA) is 98.3 Å². The molecule has 0 aliphatic heterocycles. The largest absolute Gasteiger partial charge is 0.393 e. The summed E-state index contributed by atoms with van der Waals surface area (Å²) in [6.07, 6.45) is 0. The highest BCUT2D eigenvalue weighted by Crippen LogP contribution is 2.22. The van der Waals surface area contributed by atoms with Gasteiger partial charge in [0, 0.05) is 18.2 Å². The zero-order valence-electron chi connectivity index (χ0n) is 12.4. The zero-order chi connectivity index (χ0) is 16.3. The molecule has 6 nitrogen and oxygen atoms in total. The predicted molar refractivity (Wildman–Crippen MR) is 84.6 cm³/mol. The molecular formula is C16H17N3O3. The lowest BCUT2D eigenvalue weighted by Gasteiger charge is -2.09. The molecule has 0 heterocycles. The summed E-state index contributed by atoms with van der Waals surface area (Å²) in [5.74, 6) is -0.372. The third-order valence-electron chi connectivity index (χ3n) is 3.43. The van der Waals surface area contributed by atoms with Crippen LogP contribution in [0.15, 0.2) is 36.4 Å². The van der Waals surface area contributed by atoms with Gasteiger partial charge < -0.3 is 11.1 Å². The van der Waals surface area contributed by atoms with Gasteiger partial charge >= 0.3 is 0 Å². The molecule has 2 rings (SSSR count). The van der Waals surface area contributed by atoms with Crippen LogP contribution in [-0.2, 0) is 6.54 Å². The molecule has 3 N–H and O–H groups in total. The minimum atomic E-state index is -0.601. The summed E-state index contributed by atoms with van der Waals surface area (Å²) in [5, 5.41) is 13.6. The Morgan fingerprint density at radius 2 is 1.95 bits per heavy atom. The lowest BCUT2D eigenvalue weighted by Crippen LogP contribution is -2.23. The standard InChI is InChI=1S/C16H17N3O3/c1-10-3-4-13(11(2)7-10)9-18-16(20)12-5-6-14(17)15(8-12)19(21)22/h3-8H,9,17H2,1-2H3,(H,18,20). The Morgan fingerprint density at radius 1 is 1.23 bits per heavy atom. The number of anilines is 1. The molecule has 0 spiro atoms. The van der Waals surface area contributed by atoms with Gasteiger partial charge in [-0.1, -0.05) is 23.8 Å². The number of amides is 1. The molecule has 0 saturated carbocycles. The Morgan fingerprint density at radius 3 is 2.59 bits per heavy atom. The lowest BCUT2D eigenvalue weighted by molar-refractivity contribution is -0.383. The molecule has 0 aliphatic carbocycles. The number of nitro benzene ring substituents is 1. The summed E-state index contributed by atoms with van der Waals surface area (Å²) in [4.78, 5) is 22.4. The fraction of sp³-hybridized carbons (Fsp3) is 0.188. The monoisotopic (exact) mass is 299 g/mol. The van der Waals surface area contributed by atoms with Crippen molar-refractivity contribution in [3.63, 3.8) is 0 Å². The fourth-order valence-corrected chi connectivity index (χ4v) is 2.16. The Kier molecular flexibility index (Phi) is 4.41. The van der Waals surface area contributed by atoms with E-state index in [0.717, 1.165) is 16.7 Å². The van der Waals surface area contributed by atoms with Crippen LogP contribution in [0.25, 0.3) is 0 Å². The van der Waals surface area contributed by atoms with E-state index in [1.807, 2.05) is 32.0 Å². The van der Waals surface area contributed by atoms with E-state index in [4.69, 9.17) is 5.73 Å². The van der Waals surface area contributed by atoms with Gasteiger partial charge in [-0.3, -0.25) is 14.9 Å². The normalized spacial score (nSPS) is 10.3. The van der Waals surface area contributed by atoms with Gasteiger partial charge in [-0.25, -0.2) is 0 Å². The summed E-state index contributed by atoms with van der Waals surface area (Å²) in [6, 6.07) is 9.99. The van der Waals surface area contributed by atoms with Gasteiger partial charge in [-0.2, -0.15) is 0 Å². The SMILES string of the molecule is Cc1ccc(CNC(=O)c2ccc(N)c([N+](=O)[O-])c2)c(C)c1. The van der Waals surface area contributed by atoms with E-state index in [1.165, 1.54) is 18.2 Å². The maximum Gasteiger partial charge on any atom is 0.292 e. The van der Waals surface area contributed by atoms with Gasteiger partial charge in [0.1, 0.15) is 5.69 Å². The molecule has 0 atom stereocenters. The lowest BCUT2D eigenvalue weighted by atomic mass is 10.1. The van der Waals surface area contributed by atoms with E-state index in [-0.39, 0.29) is 22.8 Å². The molecule has 114 valence electrons. The van der Waals surface area contributed by atoms with Crippen molar-refractivity contribution in [2.24, 2.45) is 0 Å². The van der Waals surface area contributed by atoms with Gasteiger partial charge in [0.25, 0.3) is 11.6 Å². The van der Waals surface area contributed by atoms with Gasteiger partial charge in [0.15, 0.2) is 0 Å². The maximum absolute atomic E-state index is 12.1. The van der Waals surface area contributed by atoms with Crippen molar-refractivity contribution in [2.45, 2.75) is 20.4 Å². The molecule has 0 aliphatic rings. The van der Waals surface area contributed by atoms with Crippen LogP contribution in [-0.4, -0.2) is 10.8 Å². The second kappa shape index (κ2) is 6.26. The third-order valence-corrected chi connectivity index (χ3v) is 3.43. The first-order valence-corrected chi connectivity index (χ1v) is 6.76. The predicted octanol–water partition coefficient (Wildman–Crippen LogP) is 2.72. The average molecular weight is 299 g/mol. The average Bonchev–Trinajstić information content (AvgIpc) is 2.46. The van der Waals surface area contributed by atoms with Crippen LogP contribution in [0.3, 0.4) is 0 Å². The quantitative estimate of drug-likeness (QED) is 0.515. The number of carbonyl (C=O) groups excluding carboxylic acids is 1. The van der Waals surface area contributed by atoms with E-state index in [2.05, 4.69) is 5.32 Å². The molecule has 22 heavy (non-hydrogen) atoms. The minimum absolute atomic E-state index is 0.0379. The maximum atomic E-state index is 12.1. The number of hydrogen-bond acceptors (Lipinski definition) is 4. The van der Waals surface area contributed by atoms with Crippen LogP contribution < -0.4 is 11.1 Å². The van der Waals surface area contributed by atoms with Crippen LogP contribution in [0.4, 0.5) is 11.4 Å². The van der Waals surface area contributed by atoms with E-state index in [9.17, 15) is 14.9 Å². The zero-order valence-corrected chi connectivity index (χ0v) is 12.4. The fourth-order valence-electron chi connectivity index (χ4n) is 2.16. The molecule has 0 bridgehead atoms. The van der Waals surface area contributed by atoms with E-state index >= 15 is 0 Å². The van der Waals surface area contributed by atoms with E-state index < -0.39 is 4.92 Å². The van der Waals surface area contributed by atoms with Crippen molar-refractivity contribution < 1.29 is 9.72 Å². The second-order valence-corrected chi connectivity index (χ2v) is 5.14. The van der Waals surface area contributed by atoms with Crippen LogP contribution >= 0.6 is 0 Å². The molecular weight excluding hydrogens is 282 g/mol. The molecule has 0 aromatic heterocycles. The van der Waals surface area contributed by atoms with Gasteiger partial charge in [0.2, 0.25) is 0 Å². The number of nitrogen functional groups attached to an aromatic ring is 1. The molecule has 0 fully saturated rings. The highest BCUT2D eigenvalue weighted by atomic mass is 16.6. The van der Waals surface area contributed by atoms with Gasteiger partial charge in [0.05, 0.1) is 4.92 Å². The molecule has 6 heteroatoms. The minimum Gasteiger partial charge on any atom is -0.393 e. The van der Waals surface area contributed by atoms with Crippen molar-refractivity contribution in [1.29, 1.82) is 0 Å². The van der Waals surface area contributed by atoms with Crippen LogP contribution in [0, 0.1) is 24.0 Å². The Labute approximate surface area is 128 Å². The molecule has 2 aromatic carbocycles. The Hall–Kier alpha value is -2.89. The first kappa shape index (κ1) is 15.5. The van der Waals surface area contributed by atoms with Crippen LogP contribution in [0.2, 0.25) is 0 Å². The van der Waals surface area contributed by atoms with E-state index in [1.54, 1.807) is 0 Å². The number of hydrogen-bond donors (Lipinski definition) is 2. The van der Waals surface area contributed by atoms with Crippen molar-refractivity contribution in [2.75, 3.05) is 5.73 Å². The van der Waals surface area contributed by atoms with Gasteiger partial charge in [-0.05, 0) is 37.1 Å². The van der Waals surface area contributed by atoms with Crippen LogP contribution in [0.5, 0.6) is 0 Å². The van der Waals surface area contributed by atoms with Crippen molar-refractivity contribution >= 4 is 17.3 Å². The number of nitrogens with zero attached hydrogens (tertiary/aromatic N) is 1. The summed E-state index contributed by atoms with van der Waals surface area (Å²) in [6.45, 7) is 4.34. The van der Waals surface area contributed by atoms with Crippen molar-refractivity contribution in [3.8, 4) is 0 Å². The highest BCUT2D eigenvalue weighted by Gasteiger charge is 2.15. The Balaban J connectivity index is 2.12. The van der Waals surface area contributed by atoms with Crippen molar-refractivity contribution in [1.82, 2.24) is 5.32 Å². The first-order chi connectivity index (χ1) is 10.4. The molecule has 1 amide bonds. The van der Waals surface area contributed by atoms with E-state index in [0.29, 0.717) is 6.54 Å². The summed E-state index contributed by atoms with van der Waals surface area (Å²) in [7, 11) is 0.